The fraction of sp³-hybridized carbons (Fsp3) is 0.929. The molecule has 19 N–H and O–H groups in total. The maximum atomic E-state index is 12.6. The molecule has 0 saturated carbocycles. The van der Waals surface area contributed by atoms with Gasteiger partial charge >= 0.3 is 0 Å². The Hall–Kier alpha value is -2.67. The molecule has 6 heterocycles. The van der Waals surface area contributed by atoms with E-state index in [4.69, 9.17) is 52.1 Å². The highest BCUT2D eigenvalue weighted by Crippen LogP contribution is 2.36. The molecule has 33 nitrogen and oxygen atoms in total. The van der Waals surface area contributed by atoms with Gasteiger partial charge in [-0.2, -0.15) is 0 Å². The van der Waals surface area contributed by atoms with Crippen LogP contribution in [-0.2, 0) is 66.5 Å². The van der Waals surface area contributed by atoms with Crippen LogP contribution in [0, 0.1) is 0 Å². The van der Waals surface area contributed by atoms with Gasteiger partial charge in [-0.15, -0.1) is 0 Å². The van der Waals surface area contributed by atoms with Crippen LogP contribution in [0.15, 0.2) is 0 Å². The maximum absolute atomic E-state index is 12.6. The lowest BCUT2D eigenvalue weighted by Gasteiger charge is -2.50. The number of aliphatic hydroxyl groups excluding tert-OH is 16. The first-order valence-corrected chi connectivity index (χ1v) is 24.0. The number of ether oxygens (including phenoxy) is 11. The van der Waals surface area contributed by atoms with Crippen molar-refractivity contribution in [1.29, 1.82) is 0 Å². The van der Waals surface area contributed by atoms with E-state index in [1.807, 2.05) is 0 Å². The van der Waals surface area contributed by atoms with Gasteiger partial charge in [0, 0.05) is 20.8 Å². The summed E-state index contributed by atoms with van der Waals surface area (Å²) in [6.45, 7) is -2.51. The summed E-state index contributed by atoms with van der Waals surface area (Å²) in [5.41, 5.74) is 0. The van der Waals surface area contributed by atoms with Crippen molar-refractivity contribution in [2.75, 3.05) is 46.2 Å². The Kier molecular flexibility index (Phi) is 22.1. The zero-order chi connectivity index (χ0) is 55.3. The molecule has 0 aromatic heterocycles. The minimum atomic E-state index is -2.26. The first kappa shape index (κ1) is 61.5. The van der Waals surface area contributed by atoms with E-state index < -0.39 is 235 Å². The lowest BCUT2D eigenvalue weighted by molar-refractivity contribution is -0.386. The summed E-state index contributed by atoms with van der Waals surface area (Å²) in [5, 5.41) is 180. The smallest absolute Gasteiger partial charge is 0.217 e. The molecular formula is C42H71N3O30. The number of nitrogens with one attached hydrogen (secondary N) is 3. The number of carbonyl (C=O) groups is 3. The Labute approximate surface area is 426 Å². The summed E-state index contributed by atoms with van der Waals surface area (Å²) in [6, 6.07) is -4.37. The average Bonchev–Trinajstić information content (AvgIpc) is 3.37. The van der Waals surface area contributed by atoms with Gasteiger partial charge in [0.05, 0.1) is 52.3 Å². The second kappa shape index (κ2) is 27.0. The molecule has 0 aromatic carbocycles. The number of amides is 3. The summed E-state index contributed by atoms with van der Waals surface area (Å²) in [5.74, 6) is -2.12. The average molecular weight is 1100 g/mol. The summed E-state index contributed by atoms with van der Waals surface area (Å²) in [6.07, 6.45) is -48.5. The molecule has 0 spiro atoms. The summed E-state index contributed by atoms with van der Waals surface area (Å²) in [4.78, 5) is 36.6. The minimum Gasteiger partial charge on any atom is -0.394 e. The number of carbonyl (C=O) groups excluding carboxylic acids is 3. The lowest BCUT2D eigenvalue weighted by atomic mass is 9.94. The molecule has 6 saturated heterocycles. The molecule has 0 aliphatic carbocycles. The molecule has 0 radical (unpaired) electrons. The zero-order valence-electron chi connectivity index (χ0n) is 40.6. The number of hydrogen-bond acceptors (Lipinski definition) is 30. The van der Waals surface area contributed by atoms with Crippen molar-refractivity contribution in [2.24, 2.45) is 0 Å². The highest BCUT2D eigenvalue weighted by molar-refractivity contribution is 5.74. The van der Waals surface area contributed by atoms with Gasteiger partial charge in [-0.3, -0.25) is 14.4 Å². The molecule has 0 bridgehead atoms. The van der Waals surface area contributed by atoms with Crippen molar-refractivity contribution in [3.05, 3.63) is 0 Å². The summed E-state index contributed by atoms with van der Waals surface area (Å²) >= 11 is 0. The maximum Gasteiger partial charge on any atom is 0.217 e. The van der Waals surface area contributed by atoms with Crippen molar-refractivity contribution >= 4 is 17.7 Å². The molecule has 3 amide bonds. The van der Waals surface area contributed by atoms with Crippen LogP contribution in [0.1, 0.15) is 20.8 Å². The Morgan fingerprint density at radius 2 is 0.800 bits per heavy atom. The molecule has 6 aliphatic heterocycles. The molecule has 75 heavy (non-hydrogen) atoms. The van der Waals surface area contributed by atoms with E-state index in [0.29, 0.717) is 0 Å². The minimum absolute atomic E-state index is 0.259. The largest absolute Gasteiger partial charge is 0.394 e. The van der Waals surface area contributed by atoms with E-state index in [1.165, 1.54) is 6.92 Å². The van der Waals surface area contributed by atoms with E-state index in [9.17, 15) is 96.1 Å². The quantitative estimate of drug-likeness (QED) is 0.0571. The number of rotatable bonds is 19. The van der Waals surface area contributed by atoms with E-state index in [-0.39, 0.29) is 6.61 Å². The van der Waals surface area contributed by atoms with Gasteiger partial charge in [0.15, 0.2) is 31.5 Å². The van der Waals surface area contributed by atoms with Crippen LogP contribution in [0.4, 0.5) is 0 Å². The van der Waals surface area contributed by atoms with Gasteiger partial charge in [-0.1, -0.05) is 0 Å². The Morgan fingerprint density at radius 1 is 0.387 bits per heavy atom. The fourth-order valence-corrected chi connectivity index (χ4v) is 9.55. The van der Waals surface area contributed by atoms with E-state index >= 15 is 0 Å². The third-order valence-electron chi connectivity index (χ3n) is 13.6. The Bertz CT molecular complexity index is 1830. The predicted octanol–water partition coefficient (Wildman–Crippen LogP) is -13.0. The molecule has 6 fully saturated rings. The van der Waals surface area contributed by atoms with Crippen molar-refractivity contribution in [3.63, 3.8) is 0 Å². The van der Waals surface area contributed by atoms with Gasteiger partial charge in [0.25, 0.3) is 0 Å². The van der Waals surface area contributed by atoms with Gasteiger partial charge in [-0.05, 0) is 0 Å². The third-order valence-corrected chi connectivity index (χ3v) is 13.6. The molecule has 6 rings (SSSR count). The normalized spacial score (nSPS) is 47.6. The summed E-state index contributed by atoms with van der Waals surface area (Å²) < 4.78 is 64.0. The van der Waals surface area contributed by atoms with E-state index in [1.54, 1.807) is 0 Å². The second-order valence-corrected chi connectivity index (χ2v) is 18.9. The van der Waals surface area contributed by atoms with Crippen LogP contribution >= 0.6 is 0 Å². The highest BCUT2D eigenvalue weighted by atomic mass is 16.8. The Morgan fingerprint density at radius 3 is 1.35 bits per heavy atom. The SMILES string of the molecule is CC(=O)N[C@H]1[C@H](O[C@H]2[C@H](O)[C@@H](NC(C)=O)CO[C@@H]2CO)O[C@H](CO)[C@@H](O[C@@H]2O[C@H](CO[C@H]3O[C@H](CO)[C@@H](O)[C@H](O)[C@@H]3O[C@@H]3O[C@H](CO)[C@@H](O)[C@H](O)[C@H]3NC(C)=O)[C@@H](O)[C@H](O[C@H]3O[C@H](CO)[C@@H](O)[C@H](O)[C@@H]3O)[C@@H]2O)[C@@H]1O. The first-order chi connectivity index (χ1) is 35.5. The molecule has 6 aliphatic rings. The van der Waals surface area contributed by atoms with Crippen molar-refractivity contribution < 1.29 is 148 Å². The van der Waals surface area contributed by atoms with Crippen molar-refractivity contribution in [2.45, 2.75) is 199 Å². The fourth-order valence-electron chi connectivity index (χ4n) is 9.55. The van der Waals surface area contributed by atoms with Gasteiger partial charge in [-0.25, -0.2) is 0 Å². The molecular weight excluding hydrogens is 1030 g/mol. The first-order valence-electron chi connectivity index (χ1n) is 24.0. The number of hydrogen-bond donors (Lipinski definition) is 19. The topological polar surface area (TPSA) is 513 Å². The molecule has 0 aromatic rings. The summed E-state index contributed by atoms with van der Waals surface area (Å²) in [7, 11) is 0. The van der Waals surface area contributed by atoms with Crippen LogP contribution in [0.25, 0.3) is 0 Å². The third kappa shape index (κ3) is 13.9. The number of aliphatic hydroxyl groups is 16. The molecule has 434 valence electrons. The van der Waals surface area contributed by atoms with Crippen LogP contribution in [0.2, 0.25) is 0 Å². The van der Waals surface area contributed by atoms with E-state index in [2.05, 4.69) is 16.0 Å². The second-order valence-electron chi connectivity index (χ2n) is 18.9. The standard InChI is InChI=1S/C42H71N3O30/c1-11(51)43-14-9-65-18(7-49)34(23(14)54)72-39-22(45-13(3)53)29(60)35(19(8-50)70-39)73-41-33(64)36(74-40-32(63)30(61)25(56)16(5-47)68-40)27(58)20(71-41)10-66-42-37(31(62)26(57)17(6-48)69-42)75-38-21(44-12(2)52)28(59)24(55)15(4-46)67-38/h14-42,46-50,54-64H,4-10H2,1-3H3,(H,43,51)(H,44,52)(H,45,53)/t14-,15+,16+,17+,18+,19+,20+,21+,22+,23+,24+,25+,26+,27+,28+,29+,30-,31-,32-,33-,34+,35+,36-,37-,38-,39-,40+,41-,42-/m0/s1. The zero-order valence-corrected chi connectivity index (χ0v) is 40.6. The monoisotopic (exact) mass is 1100 g/mol. The van der Waals surface area contributed by atoms with E-state index in [0.717, 1.165) is 13.8 Å². The lowest BCUT2D eigenvalue weighted by Crippen LogP contribution is -2.70. The van der Waals surface area contributed by atoms with Crippen molar-refractivity contribution in [1.82, 2.24) is 16.0 Å². The van der Waals surface area contributed by atoms with Crippen LogP contribution in [0.5, 0.6) is 0 Å². The molecule has 33 heteroatoms. The molecule has 29 atom stereocenters. The Balaban J connectivity index is 1.30. The van der Waals surface area contributed by atoms with Gasteiger partial charge in [0.2, 0.25) is 17.7 Å². The molecule has 0 unspecified atom stereocenters. The predicted molar refractivity (Wildman–Crippen MR) is 233 cm³/mol. The van der Waals surface area contributed by atoms with Gasteiger partial charge < -0.3 is 150 Å². The van der Waals surface area contributed by atoms with Crippen LogP contribution in [-0.4, -0.2) is 323 Å². The van der Waals surface area contributed by atoms with Crippen molar-refractivity contribution in [3.8, 4) is 0 Å². The highest BCUT2D eigenvalue weighted by Gasteiger charge is 2.57. The van der Waals surface area contributed by atoms with Gasteiger partial charge in [0.1, 0.15) is 140 Å². The van der Waals surface area contributed by atoms with Crippen LogP contribution in [0.3, 0.4) is 0 Å². The van der Waals surface area contributed by atoms with Crippen LogP contribution < -0.4 is 16.0 Å².